The van der Waals surface area contributed by atoms with Crippen molar-refractivity contribution in [2.75, 3.05) is 0 Å². The Bertz CT molecular complexity index is 3130. The molecule has 2 heterocycles. The van der Waals surface area contributed by atoms with Crippen LogP contribution in [0.15, 0.2) is 188 Å². The zero-order valence-electron chi connectivity index (χ0n) is 28.7. The van der Waals surface area contributed by atoms with Crippen molar-refractivity contribution in [3.63, 3.8) is 0 Å². The summed E-state index contributed by atoms with van der Waals surface area (Å²) in [6, 6.07) is 56.3. The van der Waals surface area contributed by atoms with Crippen LogP contribution < -0.4 is 0 Å². The standard InChI is InChI=1S/C48H31N3O2/c1-49-47(36-25-23-33-27-35(24-22-34(33)28-36)37-14-9-19-44-45(37)40-13-5-7-18-43(40)52-44)51-48(50-29-30-20-21-31-10-2-3-11-32(31)26-30)41-16-8-15-39-38-12-4-6-17-42(38)53-46(39)41/h2-28H,1,29H2. The quantitative estimate of drug-likeness (QED) is 0.134. The summed E-state index contributed by atoms with van der Waals surface area (Å²) in [4.78, 5) is 14.7. The zero-order valence-corrected chi connectivity index (χ0v) is 28.7. The lowest BCUT2D eigenvalue weighted by atomic mass is 9.96. The van der Waals surface area contributed by atoms with Crippen molar-refractivity contribution >= 4 is 83.8 Å². The number of furan rings is 2. The van der Waals surface area contributed by atoms with Crippen LogP contribution in [-0.2, 0) is 6.54 Å². The van der Waals surface area contributed by atoms with Gasteiger partial charge in [0, 0.05) is 27.1 Å². The second-order valence-electron chi connectivity index (χ2n) is 13.2. The van der Waals surface area contributed by atoms with Gasteiger partial charge in [0.1, 0.15) is 22.3 Å². The Morgan fingerprint density at radius 1 is 0.509 bits per heavy atom. The average molecular weight is 682 g/mol. The maximum absolute atomic E-state index is 6.44. The van der Waals surface area contributed by atoms with E-state index in [4.69, 9.17) is 18.8 Å². The number of benzene rings is 8. The first-order valence-corrected chi connectivity index (χ1v) is 17.6. The van der Waals surface area contributed by atoms with E-state index in [1.165, 1.54) is 10.8 Å². The summed E-state index contributed by atoms with van der Waals surface area (Å²) < 4.78 is 12.6. The van der Waals surface area contributed by atoms with Crippen LogP contribution in [0.3, 0.4) is 0 Å². The summed E-state index contributed by atoms with van der Waals surface area (Å²) in [7, 11) is 0. The smallest absolute Gasteiger partial charge is 0.161 e. The van der Waals surface area contributed by atoms with Crippen molar-refractivity contribution in [2.24, 2.45) is 15.0 Å². The number of para-hydroxylation sites is 3. The van der Waals surface area contributed by atoms with Gasteiger partial charge in [-0.3, -0.25) is 4.99 Å². The minimum Gasteiger partial charge on any atom is -0.456 e. The van der Waals surface area contributed by atoms with E-state index in [-0.39, 0.29) is 0 Å². The van der Waals surface area contributed by atoms with Gasteiger partial charge in [-0.2, -0.15) is 0 Å². The van der Waals surface area contributed by atoms with E-state index in [1.54, 1.807) is 0 Å². The van der Waals surface area contributed by atoms with E-state index in [2.05, 4.69) is 127 Å². The van der Waals surface area contributed by atoms with Crippen molar-refractivity contribution in [3.8, 4) is 11.1 Å². The van der Waals surface area contributed by atoms with Gasteiger partial charge < -0.3 is 8.83 Å². The molecule has 0 atom stereocenters. The van der Waals surface area contributed by atoms with Gasteiger partial charge in [-0.15, -0.1) is 0 Å². The molecular formula is C48H31N3O2. The summed E-state index contributed by atoms with van der Waals surface area (Å²) >= 11 is 0. The first-order valence-electron chi connectivity index (χ1n) is 17.6. The Balaban J connectivity index is 1.07. The van der Waals surface area contributed by atoms with Crippen LogP contribution in [-0.4, -0.2) is 18.4 Å². The lowest BCUT2D eigenvalue weighted by Gasteiger charge is -2.09. The van der Waals surface area contributed by atoms with Crippen LogP contribution in [0.4, 0.5) is 0 Å². The molecule has 10 aromatic rings. The van der Waals surface area contributed by atoms with Gasteiger partial charge in [0.05, 0.1) is 12.1 Å². The molecule has 0 radical (unpaired) electrons. The van der Waals surface area contributed by atoms with E-state index >= 15 is 0 Å². The van der Waals surface area contributed by atoms with Gasteiger partial charge in [-0.25, -0.2) is 9.98 Å². The lowest BCUT2D eigenvalue weighted by molar-refractivity contribution is 0.668. The monoisotopic (exact) mass is 681 g/mol. The number of hydrogen-bond donors (Lipinski definition) is 0. The number of amidine groups is 2. The van der Waals surface area contributed by atoms with Gasteiger partial charge in [0.15, 0.2) is 11.7 Å². The van der Waals surface area contributed by atoms with Gasteiger partial charge >= 0.3 is 0 Å². The fraction of sp³-hybridized carbons (Fsp3) is 0.0208. The molecule has 2 aromatic heterocycles. The first kappa shape index (κ1) is 30.7. The number of aliphatic imine (C=N–C) groups is 3. The van der Waals surface area contributed by atoms with Crippen LogP contribution in [0, 0.1) is 0 Å². The molecule has 0 spiro atoms. The average Bonchev–Trinajstić information content (AvgIpc) is 3.79. The second-order valence-corrected chi connectivity index (χ2v) is 13.2. The Hall–Kier alpha value is -7.11. The molecule has 0 fully saturated rings. The molecule has 10 rings (SSSR count). The number of hydrogen-bond acceptors (Lipinski definition) is 3. The molecule has 0 aliphatic rings. The second kappa shape index (κ2) is 12.6. The highest BCUT2D eigenvalue weighted by Gasteiger charge is 2.17. The highest BCUT2D eigenvalue weighted by molar-refractivity contribution is 6.19. The van der Waals surface area contributed by atoms with E-state index < -0.39 is 0 Å². The molecule has 0 aliphatic carbocycles. The predicted octanol–water partition coefficient (Wildman–Crippen LogP) is 12.6. The third-order valence-electron chi connectivity index (χ3n) is 10.0. The van der Waals surface area contributed by atoms with Crippen molar-refractivity contribution in [3.05, 3.63) is 180 Å². The number of rotatable bonds is 5. The van der Waals surface area contributed by atoms with Crippen molar-refractivity contribution in [1.29, 1.82) is 0 Å². The number of nitrogens with zero attached hydrogens (tertiary/aromatic N) is 3. The van der Waals surface area contributed by atoms with E-state index in [1.807, 2.05) is 48.5 Å². The molecule has 0 saturated carbocycles. The molecule has 0 saturated heterocycles. The van der Waals surface area contributed by atoms with Crippen LogP contribution in [0.25, 0.3) is 76.5 Å². The van der Waals surface area contributed by atoms with Crippen molar-refractivity contribution < 1.29 is 8.83 Å². The van der Waals surface area contributed by atoms with Gasteiger partial charge in [0.25, 0.3) is 0 Å². The molecular weight excluding hydrogens is 651 g/mol. The van der Waals surface area contributed by atoms with Crippen molar-refractivity contribution in [1.82, 2.24) is 0 Å². The molecule has 250 valence electrons. The van der Waals surface area contributed by atoms with E-state index in [9.17, 15) is 0 Å². The third-order valence-corrected chi connectivity index (χ3v) is 10.0. The van der Waals surface area contributed by atoms with Crippen LogP contribution in [0.5, 0.6) is 0 Å². The Labute approximate surface area is 304 Å². The third kappa shape index (κ3) is 5.38. The molecule has 8 aromatic carbocycles. The fourth-order valence-corrected chi connectivity index (χ4v) is 7.47. The fourth-order valence-electron chi connectivity index (χ4n) is 7.47. The highest BCUT2D eigenvalue weighted by atomic mass is 16.3. The Kier molecular flexibility index (Phi) is 7.29. The molecule has 0 unspecified atom stereocenters. The summed E-state index contributed by atoms with van der Waals surface area (Å²) in [5.41, 5.74) is 8.33. The zero-order chi connectivity index (χ0) is 35.3. The van der Waals surface area contributed by atoms with Gasteiger partial charge in [-0.05, 0) is 87.4 Å². The molecule has 0 N–H and O–H groups in total. The maximum Gasteiger partial charge on any atom is 0.161 e. The van der Waals surface area contributed by atoms with Gasteiger partial charge in [-0.1, -0.05) is 121 Å². The summed E-state index contributed by atoms with van der Waals surface area (Å²) in [6.07, 6.45) is 0. The van der Waals surface area contributed by atoms with E-state index in [0.29, 0.717) is 18.2 Å². The lowest BCUT2D eigenvalue weighted by Crippen LogP contribution is -2.06. The summed E-state index contributed by atoms with van der Waals surface area (Å²) in [6.45, 7) is 4.38. The maximum atomic E-state index is 6.44. The Morgan fingerprint density at radius 3 is 2.08 bits per heavy atom. The molecule has 5 heteroatoms. The predicted molar refractivity (Wildman–Crippen MR) is 221 cm³/mol. The summed E-state index contributed by atoms with van der Waals surface area (Å²) in [5, 5.41) is 8.85. The minimum atomic E-state index is 0.434. The molecule has 53 heavy (non-hydrogen) atoms. The van der Waals surface area contributed by atoms with Crippen LogP contribution in [0.1, 0.15) is 16.7 Å². The SMILES string of the molecule is C=NC(=NC(=NCc1ccc2ccccc2c1)c1cccc2c1oc1ccccc12)c1ccc2cc(-c3cccc4oc5ccccc5c34)ccc2c1. The first-order chi connectivity index (χ1) is 26.2. The van der Waals surface area contributed by atoms with E-state index in [0.717, 1.165) is 82.5 Å². The topological polar surface area (TPSA) is 63.4 Å². The molecule has 5 nitrogen and oxygen atoms in total. The van der Waals surface area contributed by atoms with Crippen molar-refractivity contribution in [2.45, 2.75) is 6.54 Å². The van der Waals surface area contributed by atoms with Crippen LogP contribution in [0.2, 0.25) is 0 Å². The summed E-state index contributed by atoms with van der Waals surface area (Å²) in [5.74, 6) is 1.01. The molecule has 0 bridgehead atoms. The highest BCUT2D eigenvalue weighted by Crippen LogP contribution is 2.38. The Morgan fingerprint density at radius 2 is 1.19 bits per heavy atom. The molecule has 0 aliphatic heterocycles. The normalized spacial score (nSPS) is 12.5. The number of fused-ring (bicyclic) bond motifs is 8. The largest absolute Gasteiger partial charge is 0.456 e. The van der Waals surface area contributed by atoms with Gasteiger partial charge in [0.2, 0.25) is 0 Å². The van der Waals surface area contributed by atoms with Crippen LogP contribution >= 0.6 is 0 Å². The minimum absolute atomic E-state index is 0.434. The molecule has 0 amide bonds.